The zero-order valence-corrected chi connectivity index (χ0v) is 14.0. The number of carbonyl (C=O) groups excluding carboxylic acids is 2. The molecule has 0 atom stereocenters. The normalized spacial score (nSPS) is 10.6. The first-order valence-electron chi connectivity index (χ1n) is 7.97. The van der Waals surface area contributed by atoms with Crippen LogP contribution in [0, 0.1) is 0 Å². The monoisotopic (exact) mass is 340 g/mol. The van der Waals surface area contributed by atoms with Crippen molar-refractivity contribution in [1.82, 2.24) is 0 Å². The van der Waals surface area contributed by atoms with Gasteiger partial charge in [-0.3, -0.25) is 4.79 Å². The van der Waals surface area contributed by atoms with Gasteiger partial charge in [0.25, 0.3) is 0 Å². The molecular formula is C20H20O5. The van der Waals surface area contributed by atoms with E-state index < -0.39 is 0 Å². The van der Waals surface area contributed by atoms with Gasteiger partial charge < -0.3 is 14.6 Å². The number of esters is 1. The lowest BCUT2D eigenvalue weighted by molar-refractivity contribution is -0.137. The van der Waals surface area contributed by atoms with Crippen LogP contribution >= 0.6 is 0 Å². The van der Waals surface area contributed by atoms with Crippen LogP contribution in [-0.2, 0) is 9.53 Å². The Hall–Kier alpha value is -3.08. The molecule has 0 fully saturated rings. The molecule has 2 rings (SSSR count). The molecule has 0 saturated carbocycles. The molecule has 0 spiro atoms. The highest BCUT2D eigenvalue weighted by atomic mass is 16.5. The summed E-state index contributed by atoms with van der Waals surface area (Å²) >= 11 is 0. The second kappa shape index (κ2) is 9.27. The van der Waals surface area contributed by atoms with E-state index in [0.717, 1.165) is 0 Å². The maximum absolute atomic E-state index is 12.3. The molecule has 0 radical (unpaired) electrons. The molecule has 0 aliphatic heterocycles. The second-order valence-corrected chi connectivity index (χ2v) is 5.24. The standard InChI is InChI=1S/C20H20O5/c1-2-7-19(22)25-13-6-12-24-16-10-11-17(18(21)14-16)20(23)15-8-4-3-5-9-15/h2-5,7-11,14,21H,6,12-13H2,1H3. The van der Waals surface area contributed by atoms with E-state index in [4.69, 9.17) is 9.47 Å². The van der Waals surface area contributed by atoms with Crippen molar-refractivity contribution in [2.75, 3.05) is 13.2 Å². The van der Waals surface area contributed by atoms with Crippen molar-refractivity contribution in [2.45, 2.75) is 13.3 Å². The fourth-order valence-corrected chi connectivity index (χ4v) is 2.14. The number of phenols is 1. The van der Waals surface area contributed by atoms with Crippen LogP contribution in [0.5, 0.6) is 11.5 Å². The highest BCUT2D eigenvalue weighted by Crippen LogP contribution is 2.26. The van der Waals surface area contributed by atoms with Crippen LogP contribution in [0.25, 0.3) is 0 Å². The Morgan fingerprint density at radius 1 is 1.08 bits per heavy atom. The number of aromatic hydroxyl groups is 1. The van der Waals surface area contributed by atoms with E-state index in [9.17, 15) is 14.7 Å². The Kier molecular flexibility index (Phi) is 6.77. The van der Waals surface area contributed by atoms with E-state index in [1.165, 1.54) is 18.2 Å². The van der Waals surface area contributed by atoms with Crippen molar-refractivity contribution in [3.63, 3.8) is 0 Å². The van der Waals surface area contributed by atoms with Crippen molar-refractivity contribution in [2.24, 2.45) is 0 Å². The largest absolute Gasteiger partial charge is 0.507 e. The predicted octanol–water partition coefficient (Wildman–Crippen LogP) is 3.51. The maximum atomic E-state index is 12.3. The van der Waals surface area contributed by atoms with Gasteiger partial charge in [-0.15, -0.1) is 0 Å². The molecule has 2 aromatic carbocycles. The average Bonchev–Trinajstić information content (AvgIpc) is 2.62. The van der Waals surface area contributed by atoms with Crippen molar-refractivity contribution < 1.29 is 24.2 Å². The first-order chi connectivity index (χ1) is 12.1. The number of benzene rings is 2. The highest BCUT2D eigenvalue weighted by molar-refractivity contribution is 6.10. The minimum absolute atomic E-state index is 0.133. The molecule has 0 aliphatic rings. The summed E-state index contributed by atoms with van der Waals surface area (Å²) in [6.07, 6.45) is 3.48. The lowest BCUT2D eigenvalue weighted by Crippen LogP contribution is -2.07. The number of hydrogen-bond acceptors (Lipinski definition) is 5. The molecule has 2 aromatic rings. The molecular weight excluding hydrogens is 320 g/mol. The Bertz CT molecular complexity index is 750. The van der Waals surface area contributed by atoms with Crippen molar-refractivity contribution >= 4 is 11.8 Å². The number of phenolic OH excluding ortho intramolecular Hbond substituents is 1. The van der Waals surface area contributed by atoms with Gasteiger partial charge in [0.1, 0.15) is 11.5 Å². The Labute approximate surface area is 146 Å². The average molecular weight is 340 g/mol. The Morgan fingerprint density at radius 3 is 2.52 bits per heavy atom. The first kappa shape index (κ1) is 18.3. The van der Waals surface area contributed by atoms with E-state index in [2.05, 4.69) is 0 Å². The van der Waals surface area contributed by atoms with Crippen LogP contribution in [0.3, 0.4) is 0 Å². The van der Waals surface area contributed by atoms with E-state index in [-0.39, 0.29) is 29.7 Å². The number of ether oxygens (including phenoxy) is 2. The number of carbonyl (C=O) groups is 2. The molecule has 0 saturated heterocycles. The molecule has 0 heterocycles. The number of allylic oxidation sites excluding steroid dienone is 1. The van der Waals surface area contributed by atoms with Gasteiger partial charge in [0.15, 0.2) is 5.78 Å². The van der Waals surface area contributed by atoms with Crippen LogP contribution in [0.4, 0.5) is 0 Å². The van der Waals surface area contributed by atoms with Crippen LogP contribution < -0.4 is 4.74 Å². The summed E-state index contributed by atoms with van der Waals surface area (Å²) in [5.74, 6) is -0.322. The molecule has 0 unspecified atom stereocenters. The third-order valence-electron chi connectivity index (χ3n) is 3.35. The maximum Gasteiger partial charge on any atom is 0.330 e. The predicted molar refractivity (Wildman–Crippen MR) is 93.9 cm³/mol. The fraction of sp³-hybridized carbons (Fsp3) is 0.200. The Balaban J connectivity index is 1.87. The summed E-state index contributed by atoms with van der Waals surface area (Å²) in [6.45, 7) is 2.32. The first-order valence-corrected chi connectivity index (χ1v) is 7.97. The quantitative estimate of drug-likeness (QED) is 0.344. The van der Waals surface area contributed by atoms with Crippen molar-refractivity contribution in [1.29, 1.82) is 0 Å². The molecule has 5 heteroatoms. The minimum atomic E-state index is -0.385. The third-order valence-corrected chi connectivity index (χ3v) is 3.35. The summed E-state index contributed by atoms with van der Waals surface area (Å²) in [5.41, 5.74) is 0.730. The summed E-state index contributed by atoms with van der Waals surface area (Å²) in [7, 11) is 0. The Morgan fingerprint density at radius 2 is 1.84 bits per heavy atom. The second-order valence-electron chi connectivity index (χ2n) is 5.24. The van der Waals surface area contributed by atoms with E-state index >= 15 is 0 Å². The molecule has 130 valence electrons. The summed E-state index contributed by atoms with van der Waals surface area (Å²) in [6, 6.07) is 13.3. The third kappa shape index (κ3) is 5.49. The summed E-state index contributed by atoms with van der Waals surface area (Å²) in [5, 5.41) is 10.1. The van der Waals surface area contributed by atoms with E-state index in [1.54, 1.807) is 43.3 Å². The molecule has 5 nitrogen and oxygen atoms in total. The topological polar surface area (TPSA) is 72.8 Å². The van der Waals surface area contributed by atoms with Crippen molar-refractivity contribution in [3.05, 3.63) is 71.8 Å². The summed E-state index contributed by atoms with van der Waals surface area (Å²) in [4.78, 5) is 23.5. The minimum Gasteiger partial charge on any atom is -0.507 e. The van der Waals surface area contributed by atoms with Crippen molar-refractivity contribution in [3.8, 4) is 11.5 Å². The van der Waals surface area contributed by atoms with E-state index in [0.29, 0.717) is 24.3 Å². The zero-order chi connectivity index (χ0) is 18.1. The zero-order valence-electron chi connectivity index (χ0n) is 14.0. The lowest BCUT2D eigenvalue weighted by atomic mass is 10.0. The summed E-state index contributed by atoms with van der Waals surface area (Å²) < 4.78 is 10.4. The smallest absolute Gasteiger partial charge is 0.330 e. The van der Waals surface area contributed by atoms with E-state index in [1.807, 2.05) is 6.07 Å². The molecule has 25 heavy (non-hydrogen) atoms. The molecule has 0 amide bonds. The van der Waals surface area contributed by atoms with Gasteiger partial charge in [-0.05, 0) is 19.1 Å². The van der Waals surface area contributed by atoms with Gasteiger partial charge in [0.2, 0.25) is 0 Å². The SMILES string of the molecule is CC=CC(=O)OCCCOc1ccc(C(=O)c2ccccc2)c(O)c1. The fourth-order valence-electron chi connectivity index (χ4n) is 2.14. The van der Waals surface area contributed by atoms with Crippen LogP contribution in [0.1, 0.15) is 29.3 Å². The lowest BCUT2D eigenvalue weighted by Gasteiger charge is -2.09. The van der Waals surface area contributed by atoms with Crippen LogP contribution in [-0.4, -0.2) is 30.1 Å². The molecule has 0 bridgehead atoms. The molecule has 0 aliphatic carbocycles. The van der Waals surface area contributed by atoms with Crippen LogP contribution in [0.15, 0.2) is 60.7 Å². The number of rotatable bonds is 8. The number of hydrogen-bond donors (Lipinski definition) is 1. The van der Waals surface area contributed by atoms with Crippen LogP contribution in [0.2, 0.25) is 0 Å². The molecule has 0 aromatic heterocycles. The van der Waals surface area contributed by atoms with Gasteiger partial charge in [-0.2, -0.15) is 0 Å². The van der Waals surface area contributed by atoms with Gasteiger partial charge in [-0.1, -0.05) is 36.4 Å². The van der Waals surface area contributed by atoms with Gasteiger partial charge in [0, 0.05) is 24.1 Å². The highest BCUT2D eigenvalue weighted by Gasteiger charge is 2.14. The van der Waals surface area contributed by atoms with Gasteiger partial charge >= 0.3 is 5.97 Å². The molecule has 1 N–H and O–H groups in total. The number of ketones is 1. The van der Waals surface area contributed by atoms with Gasteiger partial charge in [-0.25, -0.2) is 4.79 Å². The van der Waals surface area contributed by atoms with Gasteiger partial charge in [0.05, 0.1) is 18.8 Å².